The standard InChI is InChI=1S/C17H18N2O2S/c1-18(15-10-9-13-6-2-3-7-14(13)15)16(20)12-22-17-8-4-5-11-19(17)21/h2-8,11,15H,9-10,12H2,1H3. The number of aryl methyl sites for hydroxylation is 1. The summed E-state index contributed by atoms with van der Waals surface area (Å²) in [5, 5.41) is 12.1. The van der Waals surface area contributed by atoms with Crippen LogP contribution < -0.4 is 4.73 Å². The molecule has 114 valence electrons. The third-order valence-electron chi connectivity index (χ3n) is 4.09. The highest BCUT2D eigenvalue weighted by molar-refractivity contribution is 7.99. The molecular formula is C17H18N2O2S. The highest BCUT2D eigenvalue weighted by Crippen LogP contribution is 2.35. The van der Waals surface area contributed by atoms with Gasteiger partial charge in [0, 0.05) is 19.2 Å². The fourth-order valence-corrected chi connectivity index (χ4v) is 3.71. The van der Waals surface area contributed by atoms with Crippen LogP contribution in [0.15, 0.2) is 53.7 Å². The van der Waals surface area contributed by atoms with Crippen molar-refractivity contribution >= 4 is 17.7 Å². The van der Waals surface area contributed by atoms with Gasteiger partial charge < -0.3 is 10.1 Å². The maximum Gasteiger partial charge on any atom is 0.251 e. The number of nitrogens with zero attached hydrogens (tertiary/aromatic N) is 2. The number of rotatable bonds is 4. The Bertz CT molecular complexity index is 690. The minimum Gasteiger partial charge on any atom is -0.618 e. The minimum absolute atomic E-state index is 0.0514. The molecule has 22 heavy (non-hydrogen) atoms. The first kappa shape index (κ1) is 14.9. The van der Waals surface area contributed by atoms with Crippen molar-refractivity contribution in [1.82, 2.24) is 4.90 Å². The van der Waals surface area contributed by atoms with Crippen LogP contribution in [0.25, 0.3) is 0 Å². The minimum atomic E-state index is 0.0514. The van der Waals surface area contributed by atoms with E-state index in [2.05, 4.69) is 12.1 Å². The van der Waals surface area contributed by atoms with E-state index in [1.165, 1.54) is 29.1 Å². The Morgan fingerprint density at radius 1 is 1.32 bits per heavy atom. The third-order valence-corrected chi connectivity index (χ3v) is 5.10. The van der Waals surface area contributed by atoms with Gasteiger partial charge in [-0.2, -0.15) is 4.73 Å². The fourth-order valence-electron chi connectivity index (χ4n) is 2.87. The molecule has 0 saturated carbocycles. The number of benzene rings is 1. The van der Waals surface area contributed by atoms with Gasteiger partial charge in [0.15, 0.2) is 6.20 Å². The number of pyridine rings is 1. The Hall–Kier alpha value is -2.01. The van der Waals surface area contributed by atoms with Crippen LogP contribution in [0.5, 0.6) is 0 Å². The van der Waals surface area contributed by atoms with Crippen LogP contribution in [0, 0.1) is 5.21 Å². The smallest absolute Gasteiger partial charge is 0.251 e. The van der Waals surface area contributed by atoms with Gasteiger partial charge in [0.25, 0.3) is 5.03 Å². The van der Waals surface area contributed by atoms with Crippen molar-refractivity contribution in [2.24, 2.45) is 0 Å². The Kier molecular flexibility index (Phi) is 4.34. The van der Waals surface area contributed by atoms with Crippen molar-refractivity contribution in [3.8, 4) is 0 Å². The molecule has 0 spiro atoms. The molecule has 0 bridgehead atoms. The summed E-state index contributed by atoms with van der Waals surface area (Å²) in [6.45, 7) is 0. The van der Waals surface area contributed by atoms with Crippen LogP contribution in [0.3, 0.4) is 0 Å². The van der Waals surface area contributed by atoms with Gasteiger partial charge in [-0.1, -0.05) is 24.3 Å². The molecule has 1 aromatic heterocycles. The van der Waals surface area contributed by atoms with Crippen molar-refractivity contribution in [1.29, 1.82) is 0 Å². The Morgan fingerprint density at radius 3 is 2.91 bits per heavy atom. The maximum atomic E-state index is 12.4. The lowest BCUT2D eigenvalue weighted by molar-refractivity contribution is -0.645. The number of fused-ring (bicyclic) bond motifs is 1. The van der Waals surface area contributed by atoms with E-state index in [-0.39, 0.29) is 17.7 Å². The molecule has 0 fully saturated rings. The number of aromatic nitrogens is 1. The highest BCUT2D eigenvalue weighted by atomic mass is 32.2. The van der Waals surface area contributed by atoms with Crippen LogP contribution in [-0.2, 0) is 11.2 Å². The fraction of sp³-hybridized carbons (Fsp3) is 0.294. The normalized spacial score (nSPS) is 16.3. The second-order valence-corrected chi connectivity index (χ2v) is 6.41. The number of carbonyl (C=O) groups excluding carboxylic acids is 1. The first-order chi connectivity index (χ1) is 10.7. The van der Waals surface area contributed by atoms with E-state index in [0.29, 0.717) is 5.03 Å². The van der Waals surface area contributed by atoms with E-state index in [9.17, 15) is 10.0 Å². The summed E-state index contributed by atoms with van der Waals surface area (Å²) in [5.41, 5.74) is 2.59. The van der Waals surface area contributed by atoms with Crippen molar-refractivity contribution in [2.75, 3.05) is 12.8 Å². The molecule has 0 saturated heterocycles. The Balaban J connectivity index is 1.65. The van der Waals surface area contributed by atoms with Crippen LogP contribution in [0.2, 0.25) is 0 Å². The second-order valence-electron chi connectivity index (χ2n) is 5.41. The summed E-state index contributed by atoms with van der Waals surface area (Å²) in [7, 11) is 1.85. The molecule has 0 N–H and O–H groups in total. The number of thioether (sulfide) groups is 1. The predicted octanol–water partition coefficient (Wildman–Crippen LogP) is 2.56. The monoisotopic (exact) mass is 314 g/mol. The molecule has 1 heterocycles. The first-order valence-corrected chi connectivity index (χ1v) is 8.30. The molecule has 0 aliphatic heterocycles. The lowest BCUT2D eigenvalue weighted by Gasteiger charge is -2.25. The van der Waals surface area contributed by atoms with Gasteiger partial charge in [-0.05, 0) is 41.8 Å². The number of hydrogen-bond acceptors (Lipinski definition) is 3. The number of amides is 1. The molecule has 2 aromatic rings. The molecule has 3 rings (SSSR count). The SMILES string of the molecule is CN(C(=O)CSc1cccc[n+]1[O-])C1CCc2ccccc21. The van der Waals surface area contributed by atoms with E-state index in [4.69, 9.17) is 0 Å². The first-order valence-electron chi connectivity index (χ1n) is 7.31. The van der Waals surface area contributed by atoms with Crippen molar-refractivity contribution in [2.45, 2.75) is 23.9 Å². The van der Waals surface area contributed by atoms with Crippen LogP contribution in [0.4, 0.5) is 0 Å². The summed E-state index contributed by atoms with van der Waals surface area (Å²) in [5.74, 6) is 0.331. The van der Waals surface area contributed by atoms with E-state index in [1.807, 2.05) is 24.1 Å². The zero-order valence-electron chi connectivity index (χ0n) is 12.4. The summed E-state index contributed by atoms with van der Waals surface area (Å²) in [6, 6.07) is 13.7. The predicted molar refractivity (Wildman–Crippen MR) is 86.4 cm³/mol. The molecule has 0 radical (unpaired) electrons. The van der Waals surface area contributed by atoms with Gasteiger partial charge in [0.1, 0.15) is 0 Å². The number of carbonyl (C=O) groups is 1. The maximum absolute atomic E-state index is 12.4. The molecule has 1 atom stereocenters. The Labute approximate surface area is 134 Å². The molecule has 1 aliphatic rings. The quantitative estimate of drug-likeness (QED) is 0.495. The topological polar surface area (TPSA) is 47.2 Å². The molecule has 5 heteroatoms. The van der Waals surface area contributed by atoms with Gasteiger partial charge in [0.2, 0.25) is 5.91 Å². The highest BCUT2D eigenvalue weighted by Gasteiger charge is 2.28. The largest absolute Gasteiger partial charge is 0.618 e. The molecular weight excluding hydrogens is 296 g/mol. The summed E-state index contributed by atoms with van der Waals surface area (Å²) < 4.78 is 0.794. The van der Waals surface area contributed by atoms with Gasteiger partial charge >= 0.3 is 0 Å². The number of hydrogen-bond donors (Lipinski definition) is 0. The van der Waals surface area contributed by atoms with Crippen LogP contribution in [0.1, 0.15) is 23.6 Å². The van der Waals surface area contributed by atoms with Gasteiger partial charge in [0.05, 0.1) is 11.8 Å². The van der Waals surface area contributed by atoms with Gasteiger partial charge in [-0.25, -0.2) is 0 Å². The summed E-state index contributed by atoms with van der Waals surface area (Å²) in [4.78, 5) is 14.2. The zero-order chi connectivity index (χ0) is 15.5. The van der Waals surface area contributed by atoms with Gasteiger partial charge in [-0.3, -0.25) is 4.79 Å². The summed E-state index contributed by atoms with van der Waals surface area (Å²) in [6.07, 6.45) is 3.44. The van der Waals surface area contributed by atoms with Crippen LogP contribution in [-0.4, -0.2) is 23.6 Å². The van der Waals surface area contributed by atoms with Crippen molar-refractivity contribution in [3.05, 3.63) is 65.0 Å². The van der Waals surface area contributed by atoms with E-state index in [0.717, 1.165) is 17.6 Å². The average Bonchev–Trinajstić information content (AvgIpc) is 2.97. The zero-order valence-corrected chi connectivity index (χ0v) is 13.3. The lowest BCUT2D eigenvalue weighted by atomic mass is 10.1. The van der Waals surface area contributed by atoms with E-state index in [1.54, 1.807) is 18.2 Å². The van der Waals surface area contributed by atoms with E-state index < -0.39 is 0 Å². The molecule has 4 nitrogen and oxygen atoms in total. The Morgan fingerprint density at radius 2 is 2.09 bits per heavy atom. The molecule has 1 unspecified atom stereocenters. The van der Waals surface area contributed by atoms with Crippen molar-refractivity contribution in [3.63, 3.8) is 0 Å². The summed E-state index contributed by atoms with van der Waals surface area (Å²) >= 11 is 1.28. The average molecular weight is 314 g/mol. The van der Waals surface area contributed by atoms with Crippen LogP contribution >= 0.6 is 11.8 Å². The third kappa shape index (κ3) is 2.95. The molecule has 1 aliphatic carbocycles. The second kappa shape index (κ2) is 6.40. The molecule has 1 aromatic carbocycles. The van der Waals surface area contributed by atoms with E-state index >= 15 is 0 Å². The van der Waals surface area contributed by atoms with Crippen molar-refractivity contribution < 1.29 is 9.52 Å². The molecule has 1 amide bonds. The lowest BCUT2D eigenvalue weighted by Crippen LogP contribution is -2.33. The van der Waals surface area contributed by atoms with Gasteiger partial charge in [-0.15, -0.1) is 0 Å².